The van der Waals surface area contributed by atoms with Gasteiger partial charge < -0.3 is 10.2 Å². The van der Waals surface area contributed by atoms with Crippen molar-refractivity contribution >= 4 is 0 Å². The molecule has 0 spiro atoms. The molecule has 2 heterocycles. The molecule has 0 aromatic carbocycles. The van der Waals surface area contributed by atoms with Crippen molar-refractivity contribution < 1.29 is 19.3 Å². The third kappa shape index (κ3) is 6.19. The van der Waals surface area contributed by atoms with Gasteiger partial charge in [0.25, 0.3) is 0 Å². The summed E-state index contributed by atoms with van der Waals surface area (Å²) in [6.45, 7) is 4.33. The zero-order valence-corrected chi connectivity index (χ0v) is 16.1. The Morgan fingerprint density at radius 1 is 0.577 bits per heavy atom. The Morgan fingerprint density at radius 2 is 0.923 bits per heavy atom. The summed E-state index contributed by atoms with van der Waals surface area (Å²) in [5.41, 5.74) is 0. The fourth-order valence-corrected chi connectivity index (χ4v) is 3.55. The summed E-state index contributed by atoms with van der Waals surface area (Å²) in [6.07, 6.45) is 12.0. The second kappa shape index (κ2) is 11.0. The highest BCUT2D eigenvalue weighted by Gasteiger charge is 2.24. The summed E-state index contributed by atoms with van der Waals surface area (Å²) in [5.74, 6) is 0. The molecular weight excluding hydrogens is 324 g/mol. The Morgan fingerprint density at radius 3 is 1.23 bits per heavy atom. The zero-order chi connectivity index (χ0) is 18.8. The fraction of sp³-hybridized carbons (Fsp3) is 0.545. The van der Waals surface area contributed by atoms with Crippen LogP contribution in [0.5, 0.6) is 0 Å². The number of aliphatic hydroxyl groups excluding tert-OH is 2. The van der Waals surface area contributed by atoms with Gasteiger partial charge in [0.05, 0.1) is 12.2 Å². The van der Waals surface area contributed by atoms with Crippen molar-refractivity contribution in [2.24, 2.45) is 0 Å². The zero-order valence-electron chi connectivity index (χ0n) is 16.1. The van der Waals surface area contributed by atoms with Crippen molar-refractivity contribution in [1.82, 2.24) is 0 Å². The molecule has 4 atom stereocenters. The molecule has 0 saturated carbocycles. The molecule has 2 aromatic heterocycles. The van der Waals surface area contributed by atoms with Crippen molar-refractivity contribution in [2.75, 3.05) is 0 Å². The summed E-state index contributed by atoms with van der Waals surface area (Å²) < 4.78 is 4.39. The van der Waals surface area contributed by atoms with E-state index in [1.807, 2.05) is 36.4 Å². The lowest BCUT2D eigenvalue weighted by Crippen LogP contribution is -2.40. The first kappa shape index (κ1) is 20.5. The van der Waals surface area contributed by atoms with Crippen LogP contribution < -0.4 is 9.13 Å². The maximum absolute atomic E-state index is 10.4. The van der Waals surface area contributed by atoms with Crippen LogP contribution in [0.2, 0.25) is 0 Å². The lowest BCUT2D eigenvalue weighted by Gasteiger charge is -2.20. The van der Waals surface area contributed by atoms with Gasteiger partial charge >= 0.3 is 0 Å². The van der Waals surface area contributed by atoms with Crippen molar-refractivity contribution in [1.29, 1.82) is 0 Å². The van der Waals surface area contributed by atoms with Crippen LogP contribution in [0, 0.1) is 0 Å². The Kier molecular flexibility index (Phi) is 8.72. The fourth-order valence-electron chi connectivity index (χ4n) is 3.55. The third-order valence-electron chi connectivity index (χ3n) is 5.30. The SMILES string of the molecule is CCC(CCC(O)C(O)CCC(CC)[n+]1ccccc1)[n+]1ccccc1. The highest BCUT2D eigenvalue weighted by atomic mass is 16.3. The molecule has 0 radical (unpaired) electrons. The third-order valence-corrected chi connectivity index (χ3v) is 5.30. The highest BCUT2D eigenvalue weighted by Crippen LogP contribution is 2.18. The Labute approximate surface area is 157 Å². The van der Waals surface area contributed by atoms with Crippen LogP contribution in [0.3, 0.4) is 0 Å². The Bertz CT molecular complexity index is 551. The summed E-state index contributed by atoms with van der Waals surface area (Å²) in [6, 6.07) is 12.9. The van der Waals surface area contributed by atoms with Gasteiger partial charge in [-0.1, -0.05) is 26.0 Å². The molecule has 0 aliphatic rings. The summed E-state index contributed by atoms with van der Waals surface area (Å²) in [5, 5.41) is 20.8. The minimum absolute atomic E-state index is 0.362. The van der Waals surface area contributed by atoms with Gasteiger partial charge in [-0.25, -0.2) is 9.13 Å². The second-order valence-corrected chi connectivity index (χ2v) is 7.06. The lowest BCUT2D eigenvalue weighted by atomic mass is 9.97. The van der Waals surface area contributed by atoms with E-state index in [9.17, 15) is 10.2 Å². The van der Waals surface area contributed by atoms with Crippen LogP contribution in [0.1, 0.15) is 64.5 Å². The van der Waals surface area contributed by atoms with E-state index in [2.05, 4.69) is 47.8 Å². The van der Waals surface area contributed by atoms with Gasteiger partial charge in [-0.3, -0.25) is 0 Å². The first-order valence-corrected chi connectivity index (χ1v) is 9.93. The van der Waals surface area contributed by atoms with Gasteiger partial charge in [0, 0.05) is 49.9 Å². The van der Waals surface area contributed by atoms with Gasteiger partial charge in [-0.05, 0) is 12.8 Å². The molecule has 0 aliphatic carbocycles. The first-order valence-electron chi connectivity index (χ1n) is 9.93. The average molecular weight is 359 g/mol. The number of aliphatic hydroxyl groups is 2. The van der Waals surface area contributed by atoms with Crippen molar-refractivity contribution in [3.63, 3.8) is 0 Å². The van der Waals surface area contributed by atoms with Gasteiger partial charge in [0.1, 0.15) is 0 Å². The van der Waals surface area contributed by atoms with Crippen LogP contribution in [0.25, 0.3) is 0 Å². The minimum Gasteiger partial charge on any atom is -0.390 e. The van der Waals surface area contributed by atoms with Crippen LogP contribution in [-0.4, -0.2) is 22.4 Å². The smallest absolute Gasteiger partial charge is 0.169 e. The van der Waals surface area contributed by atoms with Gasteiger partial charge in [-0.15, -0.1) is 0 Å². The number of rotatable bonds is 11. The Hall–Kier alpha value is -1.78. The number of hydrogen-bond donors (Lipinski definition) is 2. The Balaban J connectivity index is 1.80. The van der Waals surface area contributed by atoms with Crippen LogP contribution in [0.15, 0.2) is 61.2 Å². The molecule has 4 unspecified atom stereocenters. The van der Waals surface area contributed by atoms with Crippen LogP contribution in [0.4, 0.5) is 0 Å². The van der Waals surface area contributed by atoms with Crippen LogP contribution in [-0.2, 0) is 0 Å². The average Bonchev–Trinajstić information content (AvgIpc) is 2.70. The van der Waals surface area contributed by atoms with E-state index in [0.717, 1.165) is 25.7 Å². The van der Waals surface area contributed by atoms with E-state index in [1.54, 1.807) is 0 Å². The molecule has 0 aliphatic heterocycles. The molecule has 2 aromatic rings. The largest absolute Gasteiger partial charge is 0.390 e. The molecule has 2 N–H and O–H groups in total. The van der Waals surface area contributed by atoms with E-state index in [4.69, 9.17) is 0 Å². The van der Waals surface area contributed by atoms with E-state index in [0.29, 0.717) is 24.9 Å². The monoisotopic (exact) mass is 358 g/mol. The van der Waals surface area contributed by atoms with Crippen LogP contribution >= 0.6 is 0 Å². The topological polar surface area (TPSA) is 48.2 Å². The number of hydrogen-bond acceptors (Lipinski definition) is 2. The quantitative estimate of drug-likeness (QED) is 0.606. The molecule has 2 rings (SSSR count). The molecule has 0 fully saturated rings. The predicted octanol–water partition coefficient (Wildman–Crippen LogP) is 3.15. The molecule has 4 nitrogen and oxygen atoms in total. The molecule has 26 heavy (non-hydrogen) atoms. The summed E-state index contributed by atoms with van der Waals surface area (Å²) in [7, 11) is 0. The van der Waals surface area contributed by atoms with Gasteiger partial charge in [0.15, 0.2) is 36.9 Å². The number of pyridine rings is 2. The van der Waals surface area contributed by atoms with E-state index >= 15 is 0 Å². The number of aromatic nitrogens is 2. The second-order valence-electron chi connectivity index (χ2n) is 7.06. The highest BCUT2D eigenvalue weighted by molar-refractivity contribution is 4.85. The standard InChI is InChI=1S/C22H34N2O2/c1-3-19(23-15-7-5-8-16-23)11-13-21(25)22(26)14-12-20(4-2)24-17-9-6-10-18-24/h5-10,15-22,25-26H,3-4,11-14H2,1-2H3/q+2. The van der Waals surface area contributed by atoms with E-state index in [-0.39, 0.29) is 0 Å². The normalized spacial score (nSPS) is 16.0. The first-order chi connectivity index (χ1) is 12.7. The molecule has 0 saturated heterocycles. The molecule has 0 bridgehead atoms. The minimum atomic E-state index is -0.661. The predicted molar refractivity (Wildman–Crippen MR) is 102 cm³/mol. The van der Waals surface area contributed by atoms with Gasteiger partial charge in [0.2, 0.25) is 0 Å². The van der Waals surface area contributed by atoms with Crippen molar-refractivity contribution in [3.05, 3.63) is 61.2 Å². The summed E-state index contributed by atoms with van der Waals surface area (Å²) in [4.78, 5) is 0. The maximum atomic E-state index is 10.4. The molecule has 4 heteroatoms. The van der Waals surface area contributed by atoms with Crippen molar-refractivity contribution in [2.45, 2.75) is 76.7 Å². The number of nitrogens with zero attached hydrogens (tertiary/aromatic N) is 2. The molecular formula is C22H34N2O2+2. The molecule has 142 valence electrons. The van der Waals surface area contributed by atoms with Crippen molar-refractivity contribution in [3.8, 4) is 0 Å². The van der Waals surface area contributed by atoms with E-state index < -0.39 is 12.2 Å². The summed E-state index contributed by atoms with van der Waals surface area (Å²) >= 11 is 0. The molecule has 0 amide bonds. The maximum Gasteiger partial charge on any atom is 0.169 e. The van der Waals surface area contributed by atoms with Gasteiger partial charge in [-0.2, -0.15) is 0 Å². The van der Waals surface area contributed by atoms with E-state index in [1.165, 1.54) is 0 Å². The lowest BCUT2D eigenvalue weighted by molar-refractivity contribution is -0.724.